The SMILES string of the molecule is CCOC1(CC)CCN(C(=O)CN2CCC(n3c(=O)[nH]c4cc(C(=O)NC)c(F)cc43)CC2)CC1. The van der Waals surface area contributed by atoms with Crippen molar-refractivity contribution in [3.63, 3.8) is 0 Å². The highest BCUT2D eigenvalue weighted by atomic mass is 19.1. The van der Waals surface area contributed by atoms with Crippen molar-refractivity contribution in [3.8, 4) is 0 Å². The van der Waals surface area contributed by atoms with Crippen LogP contribution >= 0.6 is 0 Å². The van der Waals surface area contributed by atoms with E-state index in [1.54, 1.807) is 4.57 Å². The van der Waals surface area contributed by atoms with E-state index in [2.05, 4.69) is 22.1 Å². The van der Waals surface area contributed by atoms with Crippen LogP contribution in [0.15, 0.2) is 16.9 Å². The quantitative estimate of drug-likeness (QED) is 0.622. The first-order valence-electron chi connectivity index (χ1n) is 12.6. The molecule has 4 rings (SSSR count). The van der Waals surface area contributed by atoms with Crippen molar-refractivity contribution in [1.29, 1.82) is 0 Å². The molecule has 0 unspecified atom stereocenters. The van der Waals surface area contributed by atoms with E-state index in [4.69, 9.17) is 4.74 Å². The minimum Gasteiger partial charge on any atom is -0.375 e. The van der Waals surface area contributed by atoms with Gasteiger partial charge in [-0.25, -0.2) is 9.18 Å². The maximum Gasteiger partial charge on any atom is 0.326 e. The summed E-state index contributed by atoms with van der Waals surface area (Å²) in [5.74, 6) is -1.06. The van der Waals surface area contributed by atoms with Gasteiger partial charge in [0.15, 0.2) is 0 Å². The molecule has 2 aliphatic heterocycles. The fraction of sp³-hybridized carbons (Fsp3) is 0.640. The lowest BCUT2D eigenvalue weighted by molar-refractivity contribution is -0.139. The van der Waals surface area contributed by atoms with Gasteiger partial charge >= 0.3 is 5.69 Å². The zero-order valence-electron chi connectivity index (χ0n) is 20.9. The number of hydrogen-bond donors (Lipinski definition) is 2. The molecule has 2 amide bonds. The Hall–Kier alpha value is -2.72. The molecule has 2 N–H and O–H groups in total. The molecule has 3 heterocycles. The van der Waals surface area contributed by atoms with Crippen molar-refractivity contribution in [3.05, 3.63) is 34.0 Å². The van der Waals surface area contributed by atoms with Crippen LogP contribution in [0.4, 0.5) is 4.39 Å². The zero-order valence-corrected chi connectivity index (χ0v) is 20.9. The summed E-state index contributed by atoms with van der Waals surface area (Å²) in [6, 6.07) is 2.54. The molecule has 0 saturated carbocycles. The number of nitrogens with one attached hydrogen (secondary N) is 2. The summed E-state index contributed by atoms with van der Waals surface area (Å²) < 4.78 is 22.1. The number of aromatic nitrogens is 2. The van der Waals surface area contributed by atoms with Crippen molar-refractivity contribution >= 4 is 22.8 Å². The molecule has 2 aromatic rings. The van der Waals surface area contributed by atoms with Crippen LogP contribution < -0.4 is 11.0 Å². The Morgan fingerprint density at radius 2 is 1.86 bits per heavy atom. The predicted octanol–water partition coefficient (Wildman–Crippen LogP) is 2.27. The van der Waals surface area contributed by atoms with Crippen LogP contribution in [0.5, 0.6) is 0 Å². The number of fused-ring (bicyclic) bond motifs is 1. The van der Waals surface area contributed by atoms with Crippen molar-refractivity contribution in [2.45, 2.75) is 57.6 Å². The Balaban J connectivity index is 1.37. The average molecular weight is 490 g/mol. The number of aromatic amines is 1. The lowest BCUT2D eigenvalue weighted by atomic mass is 9.88. The Labute approximate surface area is 204 Å². The highest BCUT2D eigenvalue weighted by molar-refractivity contribution is 5.97. The van der Waals surface area contributed by atoms with E-state index in [1.165, 1.54) is 19.2 Å². The molecule has 35 heavy (non-hydrogen) atoms. The van der Waals surface area contributed by atoms with Crippen LogP contribution in [0, 0.1) is 5.82 Å². The van der Waals surface area contributed by atoms with Crippen LogP contribution in [-0.2, 0) is 9.53 Å². The largest absolute Gasteiger partial charge is 0.375 e. The summed E-state index contributed by atoms with van der Waals surface area (Å²) in [7, 11) is 1.43. The fourth-order valence-electron chi connectivity index (χ4n) is 5.51. The van der Waals surface area contributed by atoms with E-state index in [0.29, 0.717) is 50.1 Å². The van der Waals surface area contributed by atoms with Crippen molar-refractivity contribution in [2.75, 3.05) is 46.4 Å². The number of rotatable bonds is 7. The average Bonchev–Trinajstić information content (AvgIpc) is 3.18. The van der Waals surface area contributed by atoms with Gasteiger partial charge in [-0.2, -0.15) is 0 Å². The minimum atomic E-state index is -0.661. The second-order valence-electron chi connectivity index (χ2n) is 9.59. The Morgan fingerprint density at radius 1 is 1.17 bits per heavy atom. The number of hydrogen-bond acceptors (Lipinski definition) is 5. The van der Waals surface area contributed by atoms with Gasteiger partial charge in [0.1, 0.15) is 5.82 Å². The molecule has 0 bridgehead atoms. The third-order valence-electron chi connectivity index (χ3n) is 7.68. The number of H-pyrrole nitrogens is 1. The van der Waals surface area contributed by atoms with Crippen LogP contribution in [0.3, 0.4) is 0 Å². The van der Waals surface area contributed by atoms with E-state index < -0.39 is 11.7 Å². The van der Waals surface area contributed by atoms with Crippen LogP contribution in [0.1, 0.15) is 62.4 Å². The van der Waals surface area contributed by atoms with Crippen molar-refractivity contribution in [2.24, 2.45) is 0 Å². The van der Waals surface area contributed by atoms with Crippen LogP contribution in [0.2, 0.25) is 0 Å². The number of carbonyl (C=O) groups excluding carboxylic acids is 2. The van der Waals surface area contributed by atoms with Gasteiger partial charge in [0, 0.05) is 51.9 Å². The summed E-state index contributed by atoms with van der Waals surface area (Å²) in [5.41, 5.74) is 0.378. The van der Waals surface area contributed by atoms with E-state index in [-0.39, 0.29) is 28.8 Å². The summed E-state index contributed by atoms with van der Waals surface area (Å²) in [6.07, 6.45) is 4.06. The number of piperidine rings is 2. The van der Waals surface area contributed by atoms with E-state index >= 15 is 0 Å². The maximum atomic E-state index is 14.6. The molecule has 192 valence electrons. The zero-order chi connectivity index (χ0) is 25.2. The number of halogens is 1. The molecule has 10 heteroatoms. The van der Waals surface area contributed by atoms with Gasteiger partial charge < -0.3 is 19.9 Å². The van der Waals surface area contributed by atoms with Gasteiger partial charge in [0.25, 0.3) is 5.91 Å². The minimum absolute atomic E-state index is 0.0980. The molecule has 2 saturated heterocycles. The van der Waals surface area contributed by atoms with Crippen LogP contribution in [0.25, 0.3) is 11.0 Å². The Morgan fingerprint density at radius 3 is 2.46 bits per heavy atom. The topological polar surface area (TPSA) is 99.7 Å². The Bertz CT molecular complexity index is 1130. The first-order chi connectivity index (χ1) is 16.8. The molecule has 0 atom stereocenters. The summed E-state index contributed by atoms with van der Waals surface area (Å²) in [4.78, 5) is 44.3. The number of imidazole rings is 1. The van der Waals surface area contributed by atoms with Gasteiger partial charge in [0.2, 0.25) is 5.91 Å². The second kappa shape index (κ2) is 10.5. The third kappa shape index (κ3) is 5.13. The molecule has 9 nitrogen and oxygen atoms in total. The van der Waals surface area contributed by atoms with E-state index in [9.17, 15) is 18.8 Å². The number of amides is 2. The van der Waals surface area contributed by atoms with Crippen LogP contribution in [-0.4, -0.2) is 83.1 Å². The summed E-state index contributed by atoms with van der Waals surface area (Å²) in [5, 5.41) is 2.41. The highest BCUT2D eigenvalue weighted by Crippen LogP contribution is 2.30. The van der Waals surface area contributed by atoms with E-state index in [1.807, 2.05) is 11.8 Å². The highest BCUT2D eigenvalue weighted by Gasteiger charge is 2.35. The predicted molar refractivity (Wildman–Crippen MR) is 131 cm³/mol. The molecule has 0 radical (unpaired) electrons. The third-order valence-corrected chi connectivity index (χ3v) is 7.68. The lowest BCUT2D eigenvalue weighted by Crippen LogP contribution is -2.51. The molecular weight excluding hydrogens is 453 g/mol. The van der Waals surface area contributed by atoms with Gasteiger partial charge in [-0.1, -0.05) is 6.92 Å². The number of likely N-dealkylation sites (tertiary alicyclic amines) is 2. The number of nitrogens with zero attached hydrogens (tertiary/aromatic N) is 3. The number of benzene rings is 1. The van der Waals surface area contributed by atoms with E-state index in [0.717, 1.165) is 32.4 Å². The monoisotopic (exact) mass is 489 g/mol. The molecule has 0 aliphatic carbocycles. The summed E-state index contributed by atoms with van der Waals surface area (Å²) in [6.45, 7) is 8.02. The van der Waals surface area contributed by atoms with Crippen molar-refractivity contribution < 1.29 is 18.7 Å². The maximum absolute atomic E-state index is 14.6. The Kier molecular flexibility index (Phi) is 7.61. The molecule has 2 fully saturated rings. The smallest absolute Gasteiger partial charge is 0.326 e. The normalized spacial score (nSPS) is 19.3. The molecule has 1 aromatic carbocycles. The molecule has 0 spiro atoms. The first kappa shape index (κ1) is 25.4. The second-order valence-corrected chi connectivity index (χ2v) is 9.59. The van der Waals surface area contributed by atoms with Gasteiger partial charge in [0.05, 0.1) is 28.7 Å². The standard InChI is InChI=1S/C25H36FN5O4/c1-4-25(35-5-2)8-12-30(13-9-25)22(32)16-29-10-6-17(7-11-29)31-21-15-19(26)18(23(33)27-3)14-20(21)28-24(31)34/h14-15,17H,4-13,16H2,1-3H3,(H,27,33)(H,28,34). The van der Waals surface area contributed by atoms with Gasteiger partial charge in [-0.05, 0) is 45.1 Å². The lowest BCUT2D eigenvalue weighted by Gasteiger charge is -2.42. The first-order valence-corrected chi connectivity index (χ1v) is 12.6. The van der Waals surface area contributed by atoms with Gasteiger partial charge in [-0.3, -0.25) is 19.1 Å². The van der Waals surface area contributed by atoms with Crippen molar-refractivity contribution in [1.82, 2.24) is 24.7 Å². The number of ether oxygens (including phenoxy) is 1. The fourth-order valence-corrected chi connectivity index (χ4v) is 5.51. The molecule has 2 aliphatic rings. The summed E-state index contributed by atoms with van der Waals surface area (Å²) >= 11 is 0. The number of carbonyl (C=O) groups is 2. The molecular formula is C25H36FN5O4. The van der Waals surface area contributed by atoms with Gasteiger partial charge in [-0.15, -0.1) is 0 Å². The molecule has 1 aromatic heterocycles.